The maximum Gasteiger partial charge on any atom is 0.320 e. The molecular weight excluding hydrogens is 111 g/mol. The number of aliphatic carboxylic acids is 1. The van der Waals surface area contributed by atoms with E-state index in [1.54, 1.807) is 0 Å². The number of nitrogens with one attached hydrogen (secondary N) is 1. The van der Waals surface area contributed by atoms with Crippen LogP contribution in [0.1, 0.15) is 18.3 Å². The first-order valence-electron chi connectivity index (χ1n) is 4.36. The van der Waals surface area contributed by atoms with Gasteiger partial charge in [-0.05, 0) is 19.3 Å². The minimum atomic E-state index is -2.09. The van der Waals surface area contributed by atoms with Crippen LogP contribution in [-0.2, 0) is 4.79 Å². The fourth-order valence-electron chi connectivity index (χ4n) is 0.473. The third kappa shape index (κ3) is 0.980. The number of rotatable bonds is 1. The second-order valence-electron chi connectivity index (χ2n) is 1.46. The Morgan fingerprint density at radius 2 is 2.75 bits per heavy atom. The van der Waals surface area contributed by atoms with Crippen molar-refractivity contribution >= 4 is 5.97 Å². The molecule has 1 aliphatic heterocycles. The second-order valence-corrected chi connectivity index (χ2v) is 1.46. The van der Waals surface area contributed by atoms with Crippen molar-refractivity contribution in [1.82, 2.24) is 5.32 Å². The average molecular weight is 124 g/mol. The molecule has 3 heteroatoms. The highest BCUT2D eigenvalue weighted by molar-refractivity contribution is 5.73. The van der Waals surface area contributed by atoms with Crippen LogP contribution in [-0.4, -0.2) is 23.6 Å². The first-order valence-corrected chi connectivity index (χ1v) is 2.20. The minimum Gasteiger partial charge on any atom is -0.480 e. The number of carboxylic acid groups (broad SMARTS) is 1. The van der Waals surface area contributed by atoms with Crippen LogP contribution in [0.5, 0.6) is 0 Å². The summed E-state index contributed by atoms with van der Waals surface area (Å²) < 4.78 is 28.7. The highest BCUT2D eigenvalue weighted by atomic mass is 16.5. The van der Waals surface area contributed by atoms with Crippen LogP contribution in [0.2, 0.25) is 0 Å². The summed E-state index contributed by atoms with van der Waals surface area (Å²) in [5.74, 6) is -1.28. The molecule has 0 spiro atoms. The van der Waals surface area contributed by atoms with Gasteiger partial charge in [-0.3, -0.25) is 4.79 Å². The van der Waals surface area contributed by atoms with Crippen LogP contribution in [0.3, 0.4) is 0 Å². The summed E-state index contributed by atoms with van der Waals surface area (Å²) in [4.78, 5) is 10.4. The van der Waals surface area contributed by atoms with Gasteiger partial charge in [-0.2, -0.15) is 0 Å². The van der Waals surface area contributed by atoms with Gasteiger partial charge in [0, 0.05) is 5.48 Å². The van der Waals surface area contributed by atoms with E-state index < -0.39 is 31.3 Å². The zero-order valence-electron chi connectivity index (χ0n) is 8.09. The van der Waals surface area contributed by atoms with Gasteiger partial charge in [0.25, 0.3) is 0 Å². The van der Waals surface area contributed by atoms with Gasteiger partial charge < -0.3 is 10.4 Å². The van der Waals surface area contributed by atoms with Crippen molar-refractivity contribution in [2.24, 2.45) is 0 Å². The second kappa shape index (κ2) is 2.13. The molecule has 1 saturated heterocycles. The standard InChI is InChI=1S/C5H9NO2/c7-5(8)4-2-1-3-6-4/h4,6H,1-3H2,(H,7,8)/t4-/m0/s1/i1+0D2,2+1D,3+1D,4+1,5+1,6+1/t2-,3-,4-. The van der Waals surface area contributed by atoms with Crippen molar-refractivity contribution in [2.45, 2.75) is 18.8 Å². The molecule has 8 heavy (non-hydrogen) atoms. The molecule has 1 heterocycles. The van der Waals surface area contributed by atoms with Crippen LogP contribution in [0.15, 0.2) is 0 Å². The van der Waals surface area contributed by atoms with Crippen molar-refractivity contribution < 1.29 is 15.4 Å². The molecule has 0 saturated carbocycles. The fourth-order valence-corrected chi connectivity index (χ4v) is 0.473. The molecule has 0 aromatic heterocycles. The van der Waals surface area contributed by atoms with Gasteiger partial charge in [0.1, 0.15) is 6.04 Å². The maximum atomic E-state index is 10.4. The predicted molar refractivity (Wildman–Crippen MR) is 28.7 cm³/mol. The van der Waals surface area contributed by atoms with Crippen LogP contribution in [0, 0.1) is 0 Å². The molecule has 1 fully saturated rings. The summed E-state index contributed by atoms with van der Waals surface area (Å²) in [6.07, 6.45) is -3.51. The Morgan fingerprint density at radius 3 is 3.00 bits per heavy atom. The third-order valence-corrected chi connectivity index (χ3v) is 0.875. The maximum absolute atomic E-state index is 10.4. The zero-order chi connectivity index (χ0) is 9.52. The molecule has 3 nitrogen and oxygen atoms in total. The highest BCUT2D eigenvalue weighted by Gasteiger charge is 2.20. The molecule has 1 rings (SSSR count). The fraction of sp³-hybridized carbons (Fsp3) is 0.800. The summed E-state index contributed by atoms with van der Waals surface area (Å²) in [5.41, 5.74) is 0. The molecule has 0 aromatic carbocycles. The Bertz CT molecular complexity index is 210. The van der Waals surface area contributed by atoms with Crippen molar-refractivity contribution in [3.63, 3.8) is 0 Å². The lowest BCUT2D eigenvalue weighted by atomic mass is 10.9. The van der Waals surface area contributed by atoms with Gasteiger partial charge in [-0.15, -0.1) is 0 Å². The van der Waals surface area contributed by atoms with E-state index in [1.807, 2.05) is 0 Å². The Labute approximate surface area is 53.3 Å². The van der Waals surface area contributed by atoms with E-state index in [1.165, 1.54) is 0 Å². The Morgan fingerprint density at radius 1 is 2.00 bits per heavy atom. The summed E-state index contributed by atoms with van der Waals surface area (Å²) in [6, 6.07) is -1.28. The number of hydrogen-bond donors (Lipinski definition) is 2. The number of carbonyl (C=O) groups is 1. The van der Waals surface area contributed by atoms with E-state index in [0.717, 1.165) is 0 Å². The monoisotopic (exact) mass is 124 g/mol. The lowest BCUT2D eigenvalue weighted by Crippen LogP contribution is -2.29. The normalized spacial score (nSPS) is 60.2. The first-order chi connectivity index (χ1) is 5.37. The number of carboxylic acids is 1. The van der Waals surface area contributed by atoms with Crippen LogP contribution >= 0.6 is 0 Å². The largest absolute Gasteiger partial charge is 0.480 e. The highest BCUT2D eigenvalue weighted by Crippen LogP contribution is 2.03. The summed E-state index contributed by atoms with van der Waals surface area (Å²) in [5, 5.41) is 10.7. The lowest BCUT2D eigenvalue weighted by molar-refractivity contribution is -0.139. The third-order valence-electron chi connectivity index (χ3n) is 0.875. The van der Waals surface area contributed by atoms with Gasteiger partial charge in [0.05, 0.1) is 0 Å². The smallest absolute Gasteiger partial charge is 0.320 e. The Hall–Kier alpha value is -0.570. The van der Waals surface area contributed by atoms with Crippen molar-refractivity contribution in [3.05, 3.63) is 0 Å². The Balaban J connectivity index is 2.83. The topological polar surface area (TPSA) is 49.3 Å². The molecule has 0 bridgehead atoms. The summed E-state index contributed by atoms with van der Waals surface area (Å²) >= 11 is 0. The van der Waals surface area contributed by atoms with E-state index in [0.29, 0.717) is 0 Å². The molecule has 0 aliphatic carbocycles. The molecular formula is C5H9NO2. The van der Waals surface area contributed by atoms with Gasteiger partial charge in [-0.25, -0.2) is 0 Å². The lowest BCUT2D eigenvalue weighted by Gasteiger charge is -1.99. The summed E-state index contributed by atoms with van der Waals surface area (Å²) in [6.45, 7) is -1.33. The first kappa shape index (κ1) is 2.35. The van der Waals surface area contributed by atoms with Gasteiger partial charge in [0.15, 0.2) is 0 Å². The van der Waals surface area contributed by atoms with Crippen LogP contribution < -0.4 is 5.32 Å². The number of hydrogen-bond acceptors (Lipinski definition) is 2. The molecule has 46 valence electrons. The van der Waals surface area contributed by atoms with E-state index in [9.17, 15) is 4.79 Å². The molecule has 2 N–H and O–H groups in total. The van der Waals surface area contributed by atoms with E-state index in [2.05, 4.69) is 5.32 Å². The van der Waals surface area contributed by atoms with E-state index in [-0.39, 0.29) is 0 Å². The molecule has 0 unspecified atom stereocenters. The van der Waals surface area contributed by atoms with Crippen LogP contribution in [0.25, 0.3) is 0 Å². The predicted octanol–water partition coefficient (Wildman–Crippen LogP) is -0.177. The van der Waals surface area contributed by atoms with Crippen molar-refractivity contribution in [1.29, 1.82) is 0 Å². The molecule has 0 aromatic rings. The van der Waals surface area contributed by atoms with Crippen LogP contribution in [0.4, 0.5) is 0 Å². The molecule has 3 atom stereocenters. The summed E-state index contributed by atoms with van der Waals surface area (Å²) in [7, 11) is 0. The Kier molecular flexibility index (Phi) is 0.627. The molecule has 0 amide bonds. The SMILES string of the molecule is [2H][13C@@H]1[15NH][13C@H]([13C](=O)O)[13C@@H]([2H])[12C]1([2H])[2H]. The van der Waals surface area contributed by atoms with Gasteiger partial charge in [0.2, 0.25) is 0 Å². The molecule has 1 aliphatic rings. The zero-order valence-corrected chi connectivity index (χ0v) is 4.09. The average Bonchev–Trinajstić information content (AvgIpc) is 2.13. The minimum absolute atomic E-state index is 1.28. The quantitative estimate of drug-likeness (QED) is 0.376. The van der Waals surface area contributed by atoms with Crippen molar-refractivity contribution in [2.75, 3.05) is 6.52 Å². The van der Waals surface area contributed by atoms with E-state index in [4.69, 9.17) is 10.6 Å². The van der Waals surface area contributed by atoms with Gasteiger partial charge >= 0.3 is 5.97 Å². The molecule has 0 radical (unpaired) electrons. The van der Waals surface area contributed by atoms with E-state index >= 15 is 0 Å². The van der Waals surface area contributed by atoms with Crippen molar-refractivity contribution in [3.8, 4) is 0 Å². The van der Waals surface area contributed by atoms with Gasteiger partial charge in [-0.1, -0.05) is 0 Å².